The average Bonchev–Trinajstić information content (AvgIpc) is 3.86. The molecule has 72 heavy (non-hydrogen) atoms. The zero-order valence-electron chi connectivity index (χ0n) is 40.8. The molecule has 1 fully saturated rings. The van der Waals surface area contributed by atoms with Crippen LogP contribution < -0.4 is 59.1 Å². The third-order valence-corrected chi connectivity index (χ3v) is 11.9. The Bertz CT molecular complexity index is 2600. The number of nitrogens with one attached hydrogen (secondary N) is 9. The van der Waals surface area contributed by atoms with Gasteiger partial charge in [0, 0.05) is 64.5 Å². The molecule has 0 unspecified atom stereocenters. The summed E-state index contributed by atoms with van der Waals surface area (Å²) in [5.41, 5.74) is 12.5. The number of nitrogens with zero attached hydrogens (tertiary/aromatic N) is 5. The van der Waals surface area contributed by atoms with E-state index in [0.29, 0.717) is 22.2 Å². The van der Waals surface area contributed by atoms with Gasteiger partial charge in [0.1, 0.15) is 42.5 Å². The Labute approximate surface area is 415 Å². The zero-order valence-corrected chi connectivity index (χ0v) is 40.8. The van der Waals surface area contributed by atoms with Crippen LogP contribution in [0.5, 0.6) is 5.75 Å². The van der Waals surface area contributed by atoms with Crippen LogP contribution in [0.4, 0.5) is 5.69 Å². The van der Waals surface area contributed by atoms with E-state index >= 15 is 0 Å². The number of nitrogens with two attached hydrogens (primary N) is 2. The van der Waals surface area contributed by atoms with Crippen molar-refractivity contribution in [1.29, 1.82) is 5.41 Å². The molecule has 5 rings (SSSR count). The predicted molar refractivity (Wildman–Crippen MR) is 266 cm³/mol. The molecule has 4 aromatic rings. The maximum atomic E-state index is 14.5. The number of imidazole rings is 1. The van der Waals surface area contributed by atoms with E-state index in [0.717, 1.165) is 36.4 Å². The normalized spacial score (nSPS) is 14.8. The van der Waals surface area contributed by atoms with Crippen LogP contribution in [-0.4, -0.2) is 154 Å². The molecule has 0 radical (unpaired) electrons. The van der Waals surface area contributed by atoms with E-state index in [9.17, 15) is 43.5 Å². The van der Waals surface area contributed by atoms with Crippen molar-refractivity contribution in [2.24, 2.45) is 17.4 Å². The lowest BCUT2D eigenvalue weighted by Crippen LogP contribution is -2.60. The fraction of sp³-hybridized carbons (Fsp3) is 0.468. The highest BCUT2D eigenvalue weighted by Crippen LogP contribution is 2.20. The van der Waals surface area contributed by atoms with Gasteiger partial charge >= 0.3 is 0 Å². The summed E-state index contributed by atoms with van der Waals surface area (Å²) in [7, 11) is 3.36. The quantitative estimate of drug-likeness (QED) is 0.0184. The maximum Gasteiger partial charge on any atom is 0.261 e. The summed E-state index contributed by atoms with van der Waals surface area (Å²) in [6, 6.07) is 4.50. The van der Waals surface area contributed by atoms with Crippen molar-refractivity contribution in [2.75, 3.05) is 51.7 Å². The van der Waals surface area contributed by atoms with Gasteiger partial charge in [0.15, 0.2) is 5.96 Å². The average molecular weight is 999 g/mol. The van der Waals surface area contributed by atoms with Crippen LogP contribution in [0.1, 0.15) is 50.8 Å². The minimum absolute atomic E-state index is 0.0146. The number of amides is 7. The SMILES string of the molecule is CNC(=O)[C@H](CC(N)=O)NC(=O)[C@H](CC(C)C)NC(=O)[C@H](Cc1ccc(O)cc1)NC(=O)[C@H](Cc1c[nH]cn1)NC(=O)[C@H](CCCNC(=N)N)NC(=O)Cn1cnc2ccc(N3CCN(C)CC3)cc2c1=O. The number of H-pyrrole nitrogens is 1. The van der Waals surface area contributed by atoms with Gasteiger partial charge in [-0.2, -0.15) is 0 Å². The number of piperazine rings is 1. The molecule has 0 saturated carbocycles. The van der Waals surface area contributed by atoms with Crippen LogP contribution in [0, 0.1) is 11.3 Å². The first-order chi connectivity index (χ1) is 34.3. The number of anilines is 1. The van der Waals surface area contributed by atoms with Gasteiger partial charge < -0.3 is 68.6 Å². The molecule has 14 N–H and O–H groups in total. The van der Waals surface area contributed by atoms with Crippen LogP contribution >= 0.6 is 0 Å². The lowest BCUT2D eigenvalue weighted by atomic mass is 10.00. The van der Waals surface area contributed by atoms with Gasteiger partial charge in [-0.3, -0.25) is 48.3 Å². The number of phenols is 1. The number of likely N-dealkylation sites (N-methyl/N-ethyl adjacent to an activating group) is 2. The molecule has 5 atom stereocenters. The second-order valence-corrected chi connectivity index (χ2v) is 18.1. The number of guanidine groups is 1. The summed E-state index contributed by atoms with van der Waals surface area (Å²) in [6.07, 6.45) is 3.52. The van der Waals surface area contributed by atoms with E-state index in [2.05, 4.69) is 62.0 Å². The molecule has 0 bridgehead atoms. The molecular formula is C47H66N16O9. The van der Waals surface area contributed by atoms with Crippen molar-refractivity contribution in [3.05, 3.63) is 82.9 Å². The van der Waals surface area contributed by atoms with E-state index in [1.807, 2.05) is 13.1 Å². The Hall–Kier alpha value is -8.09. The smallest absolute Gasteiger partial charge is 0.261 e. The number of rotatable bonds is 25. The number of primary amides is 1. The van der Waals surface area contributed by atoms with E-state index in [1.54, 1.807) is 26.0 Å². The molecule has 3 heterocycles. The van der Waals surface area contributed by atoms with Gasteiger partial charge in [-0.15, -0.1) is 0 Å². The number of fused-ring (bicyclic) bond motifs is 1. The lowest BCUT2D eigenvalue weighted by Gasteiger charge is -2.34. The highest BCUT2D eigenvalue weighted by atomic mass is 16.3. The number of hydrogen-bond donors (Lipinski definition) is 12. The first-order valence-corrected chi connectivity index (χ1v) is 23.6. The molecule has 1 saturated heterocycles. The summed E-state index contributed by atoms with van der Waals surface area (Å²) >= 11 is 0. The van der Waals surface area contributed by atoms with Crippen LogP contribution in [0.2, 0.25) is 0 Å². The number of aromatic nitrogens is 4. The van der Waals surface area contributed by atoms with Crippen molar-refractivity contribution in [3.63, 3.8) is 0 Å². The van der Waals surface area contributed by atoms with Gasteiger partial charge in [0.05, 0.1) is 35.7 Å². The summed E-state index contributed by atoms with van der Waals surface area (Å²) in [4.78, 5) is 124. The van der Waals surface area contributed by atoms with Gasteiger partial charge in [-0.25, -0.2) is 9.97 Å². The van der Waals surface area contributed by atoms with Crippen LogP contribution in [0.3, 0.4) is 0 Å². The molecule has 25 nitrogen and oxygen atoms in total. The summed E-state index contributed by atoms with van der Waals surface area (Å²) in [5.74, 6) is -6.10. The minimum Gasteiger partial charge on any atom is -0.508 e. The molecule has 1 aliphatic rings. The Kier molecular flexibility index (Phi) is 20.0. The summed E-state index contributed by atoms with van der Waals surface area (Å²) in [6.45, 7) is 6.49. The number of aromatic amines is 1. The molecule has 25 heteroatoms. The Balaban J connectivity index is 1.39. The van der Waals surface area contributed by atoms with E-state index < -0.39 is 90.1 Å². The van der Waals surface area contributed by atoms with E-state index in [1.165, 1.54) is 50.2 Å². The van der Waals surface area contributed by atoms with Crippen molar-refractivity contribution in [1.82, 2.24) is 61.6 Å². The minimum atomic E-state index is -1.43. The molecule has 0 spiro atoms. The first kappa shape index (κ1) is 54.8. The van der Waals surface area contributed by atoms with Crippen molar-refractivity contribution in [2.45, 2.75) is 89.1 Å². The number of benzene rings is 2. The maximum absolute atomic E-state index is 14.5. The fourth-order valence-corrected chi connectivity index (χ4v) is 7.99. The molecule has 2 aromatic carbocycles. The lowest BCUT2D eigenvalue weighted by molar-refractivity contribution is -0.135. The van der Waals surface area contributed by atoms with Crippen LogP contribution in [-0.2, 0) is 52.9 Å². The van der Waals surface area contributed by atoms with Crippen molar-refractivity contribution >= 4 is 63.9 Å². The molecule has 1 aliphatic heterocycles. The number of aromatic hydroxyl groups is 1. The topological polar surface area (TPSA) is 370 Å². The summed E-state index contributed by atoms with van der Waals surface area (Å²) in [5, 5.41) is 36.1. The Morgan fingerprint density at radius 1 is 0.792 bits per heavy atom. The van der Waals surface area contributed by atoms with E-state index in [-0.39, 0.29) is 56.3 Å². The highest BCUT2D eigenvalue weighted by Gasteiger charge is 2.34. The van der Waals surface area contributed by atoms with Gasteiger partial charge in [-0.1, -0.05) is 26.0 Å². The van der Waals surface area contributed by atoms with Crippen LogP contribution in [0.15, 0.2) is 66.1 Å². The number of hydrogen-bond acceptors (Lipinski definition) is 14. The molecule has 388 valence electrons. The number of carbonyl (C=O) groups is 7. The zero-order chi connectivity index (χ0) is 52.5. The molecule has 2 aromatic heterocycles. The predicted octanol–water partition coefficient (Wildman–Crippen LogP) is -2.58. The molecule has 0 aliphatic carbocycles. The number of carbonyl (C=O) groups excluding carboxylic acids is 7. The second-order valence-electron chi connectivity index (χ2n) is 18.1. The number of phenolic OH excluding ortho intramolecular Hbond substituents is 1. The Morgan fingerprint density at radius 2 is 1.42 bits per heavy atom. The third-order valence-electron chi connectivity index (χ3n) is 11.9. The highest BCUT2D eigenvalue weighted by molar-refractivity contribution is 5.97. The fourth-order valence-electron chi connectivity index (χ4n) is 7.99. The third kappa shape index (κ3) is 16.5. The summed E-state index contributed by atoms with van der Waals surface area (Å²) < 4.78 is 1.14. The molecule has 7 amide bonds. The van der Waals surface area contributed by atoms with Crippen LogP contribution in [0.25, 0.3) is 10.9 Å². The monoisotopic (exact) mass is 999 g/mol. The van der Waals surface area contributed by atoms with Gasteiger partial charge in [-0.05, 0) is 68.1 Å². The van der Waals surface area contributed by atoms with Gasteiger partial charge in [0.2, 0.25) is 41.4 Å². The van der Waals surface area contributed by atoms with Gasteiger partial charge in [0.25, 0.3) is 5.56 Å². The van der Waals surface area contributed by atoms with Crippen molar-refractivity contribution < 1.29 is 38.7 Å². The van der Waals surface area contributed by atoms with Crippen molar-refractivity contribution in [3.8, 4) is 5.75 Å². The van der Waals surface area contributed by atoms with E-state index in [4.69, 9.17) is 16.9 Å². The first-order valence-electron chi connectivity index (χ1n) is 23.6. The standard InChI is InChI=1S/C47H66N16O9/c1-27(2)18-35(43(69)60-38(22-39(48)65)41(67)51-3)57-44(70)36(19-28-7-10-31(64)11-8-28)58-45(71)37(20-29-23-52-25-54-29)59-42(68)34(6-5-13-53-47(49)50)56-40(66)24-63-26-55-33-12-9-30(21-32(33)46(63)72)62-16-14-61(4)15-17-62/h7-12,21,23,25-27,34-38,64H,5-6,13-20,22,24H2,1-4H3,(H2,48,65)(H,51,67)(H,52,54)(H,56,66)(H,57,70)(H,58,71)(H,59,68)(H,60,69)(H4,49,50,53)/t34-,35-,36-,37-,38-/m0/s1. The second kappa shape index (κ2) is 26.2. The largest absolute Gasteiger partial charge is 0.508 e. The molecular weight excluding hydrogens is 933 g/mol. The Morgan fingerprint density at radius 3 is 2.03 bits per heavy atom.